The summed E-state index contributed by atoms with van der Waals surface area (Å²) < 4.78 is 9.24. The Balaban J connectivity index is 1.85. The average Bonchev–Trinajstić information content (AvgIpc) is 3.28. The number of halogens is 1. The molecule has 4 heterocycles. The van der Waals surface area contributed by atoms with E-state index in [2.05, 4.69) is 33.9 Å². The first-order valence-electron chi connectivity index (χ1n) is 10.8. The predicted octanol–water partition coefficient (Wildman–Crippen LogP) is 5.11. The van der Waals surface area contributed by atoms with Crippen LogP contribution in [0.2, 0.25) is 5.15 Å². The molecule has 0 N–H and O–H groups in total. The van der Waals surface area contributed by atoms with Crippen molar-refractivity contribution in [3.05, 3.63) is 52.3 Å². The van der Waals surface area contributed by atoms with Gasteiger partial charge < -0.3 is 4.74 Å². The van der Waals surface area contributed by atoms with Gasteiger partial charge in [-0.05, 0) is 46.6 Å². The lowest BCUT2D eigenvalue weighted by molar-refractivity contribution is 0.0575. The van der Waals surface area contributed by atoms with Crippen LogP contribution in [0.25, 0.3) is 11.4 Å². The normalized spacial score (nSPS) is 12.2. The van der Waals surface area contributed by atoms with E-state index in [1.54, 1.807) is 16.8 Å². The summed E-state index contributed by atoms with van der Waals surface area (Å²) in [5, 5.41) is 4.76. The van der Waals surface area contributed by atoms with Crippen molar-refractivity contribution in [2.24, 2.45) is 0 Å². The summed E-state index contributed by atoms with van der Waals surface area (Å²) in [5.74, 6) is 1.21. The monoisotopic (exact) mass is 469 g/mol. The van der Waals surface area contributed by atoms with Gasteiger partial charge in [-0.2, -0.15) is 9.61 Å². The molecule has 1 amide bonds. The summed E-state index contributed by atoms with van der Waals surface area (Å²) in [6.45, 7) is 13.6. The van der Waals surface area contributed by atoms with E-state index in [1.165, 1.54) is 4.90 Å². The van der Waals surface area contributed by atoms with Crippen molar-refractivity contribution in [2.75, 3.05) is 4.90 Å². The lowest BCUT2D eigenvalue weighted by Gasteiger charge is -2.27. The van der Waals surface area contributed by atoms with Crippen LogP contribution in [0.15, 0.2) is 24.5 Å². The molecule has 33 heavy (non-hydrogen) atoms. The molecule has 0 aliphatic heterocycles. The van der Waals surface area contributed by atoms with Crippen LogP contribution in [0.1, 0.15) is 63.2 Å². The number of aryl methyl sites for hydroxylation is 2. The minimum absolute atomic E-state index is 0.142. The van der Waals surface area contributed by atoms with E-state index in [9.17, 15) is 4.79 Å². The first-order chi connectivity index (χ1) is 15.4. The van der Waals surface area contributed by atoms with Gasteiger partial charge in [-0.3, -0.25) is 9.30 Å². The number of hydrogen-bond acceptors (Lipinski definition) is 6. The minimum atomic E-state index is -0.688. The zero-order valence-corrected chi connectivity index (χ0v) is 20.7. The van der Waals surface area contributed by atoms with Gasteiger partial charge in [0.15, 0.2) is 5.65 Å². The fourth-order valence-electron chi connectivity index (χ4n) is 3.65. The van der Waals surface area contributed by atoms with E-state index >= 15 is 0 Å². The van der Waals surface area contributed by atoms with Crippen molar-refractivity contribution in [1.82, 2.24) is 29.0 Å². The Morgan fingerprint density at radius 2 is 1.91 bits per heavy atom. The van der Waals surface area contributed by atoms with Gasteiger partial charge in [0, 0.05) is 29.2 Å². The van der Waals surface area contributed by atoms with E-state index in [1.807, 2.05) is 51.3 Å². The second-order valence-corrected chi connectivity index (χ2v) is 9.82. The number of nitrogens with zero attached hydrogens (tertiary/aromatic N) is 7. The Bertz CT molecular complexity index is 1350. The highest BCUT2D eigenvalue weighted by molar-refractivity contribution is 6.29. The molecule has 0 saturated heterocycles. The molecular weight excluding hydrogens is 442 g/mol. The maximum absolute atomic E-state index is 13.3. The molecule has 0 unspecified atom stereocenters. The summed E-state index contributed by atoms with van der Waals surface area (Å²) >= 11 is 6.38. The molecule has 0 fully saturated rings. The number of ether oxygens (including phenoxy) is 1. The first kappa shape index (κ1) is 23.0. The maximum atomic E-state index is 13.3. The Kier molecular flexibility index (Phi) is 5.78. The van der Waals surface area contributed by atoms with Crippen LogP contribution in [0.4, 0.5) is 10.6 Å². The van der Waals surface area contributed by atoms with Crippen molar-refractivity contribution < 1.29 is 9.53 Å². The van der Waals surface area contributed by atoms with Gasteiger partial charge in [0.05, 0.1) is 18.4 Å². The van der Waals surface area contributed by atoms with E-state index < -0.39 is 11.7 Å². The van der Waals surface area contributed by atoms with Crippen molar-refractivity contribution in [2.45, 2.75) is 66.5 Å². The highest BCUT2D eigenvalue weighted by atomic mass is 35.5. The molecular formula is C23H28ClN7O2. The molecule has 4 aromatic heterocycles. The van der Waals surface area contributed by atoms with Crippen molar-refractivity contribution in [3.63, 3.8) is 0 Å². The fraction of sp³-hybridized carbons (Fsp3) is 0.435. The lowest BCUT2D eigenvalue weighted by Crippen LogP contribution is -2.37. The quantitative estimate of drug-likeness (QED) is 0.386. The van der Waals surface area contributed by atoms with Crippen LogP contribution >= 0.6 is 11.6 Å². The van der Waals surface area contributed by atoms with Crippen LogP contribution < -0.4 is 4.90 Å². The van der Waals surface area contributed by atoms with Crippen molar-refractivity contribution in [1.29, 1.82) is 0 Å². The van der Waals surface area contributed by atoms with Gasteiger partial charge in [-0.15, -0.1) is 0 Å². The predicted molar refractivity (Wildman–Crippen MR) is 127 cm³/mol. The van der Waals surface area contributed by atoms with E-state index in [0.29, 0.717) is 22.9 Å². The van der Waals surface area contributed by atoms with Crippen LogP contribution in [0.3, 0.4) is 0 Å². The number of rotatable bonds is 4. The van der Waals surface area contributed by atoms with Gasteiger partial charge in [0.2, 0.25) is 5.78 Å². The van der Waals surface area contributed by atoms with Gasteiger partial charge in [-0.25, -0.2) is 19.7 Å². The van der Waals surface area contributed by atoms with Crippen LogP contribution in [-0.4, -0.2) is 40.7 Å². The Hall–Kier alpha value is -3.20. The highest BCUT2D eigenvalue weighted by Gasteiger charge is 2.28. The summed E-state index contributed by atoms with van der Waals surface area (Å²) in [4.78, 5) is 28.4. The third-order valence-corrected chi connectivity index (χ3v) is 5.29. The number of amides is 1. The molecule has 10 heteroatoms. The molecule has 4 rings (SSSR count). The summed E-state index contributed by atoms with van der Waals surface area (Å²) in [5.41, 5.74) is 3.38. The zero-order valence-electron chi connectivity index (χ0n) is 19.9. The average molecular weight is 470 g/mol. The van der Waals surface area contributed by atoms with E-state index in [0.717, 1.165) is 17.0 Å². The highest BCUT2D eigenvalue weighted by Crippen LogP contribution is 2.28. The number of carbonyl (C=O) groups is 1. The third-order valence-electron chi connectivity index (χ3n) is 5.09. The second kappa shape index (κ2) is 8.30. The molecule has 4 aromatic rings. The zero-order chi connectivity index (χ0) is 24.1. The van der Waals surface area contributed by atoms with Gasteiger partial charge >= 0.3 is 6.09 Å². The summed E-state index contributed by atoms with van der Waals surface area (Å²) in [6.07, 6.45) is 3.09. The topological polar surface area (TPSA) is 89.9 Å². The van der Waals surface area contributed by atoms with E-state index in [4.69, 9.17) is 16.3 Å². The van der Waals surface area contributed by atoms with Crippen LogP contribution in [-0.2, 0) is 11.3 Å². The van der Waals surface area contributed by atoms with Crippen LogP contribution in [0.5, 0.6) is 0 Å². The number of carbonyl (C=O) groups excluding carboxylic acids is 1. The number of anilines is 1. The lowest BCUT2D eigenvalue weighted by atomic mass is 10.1. The minimum Gasteiger partial charge on any atom is -0.443 e. The number of imidazole rings is 1. The summed E-state index contributed by atoms with van der Waals surface area (Å²) in [7, 11) is 0. The molecule has 0 bridgehead atoms. The number of fused-ring (bicyclic) bond motifs is 2. The summed E-state index contributed by atoms with van der Waals surface area (Å²) in [6, 6.07) is 3.59. The molecule has 9 nitrogen and oxygen atoms in total. The molecule has 0 aliphatic rings. The van der Waals surface area contributed by atoms with Gasteiger partial charge in [-0.1, -0.05) is 25.4 Å². The Morgan fingerprint density at radius 1 is 1.18 bits per heavy atom. The Labute approximate surface area is 197 Å². The maximum Gasteiger partial charge on any atom is 0.416 e. The molecule has 0 aromatic carbocycles. The smallest absolute Gasteiger partial charge is 0.416 e. The number of hydrogen-bond donors (Lipinski definition) is 0. The van der Waals surface area contributed by atoms with Crippen molar-refractivity contribution in [3.8, 4) is 0 Å². The number of aromatic nitrogens is 6. The molecule has 174 valence electrons. The molecule has 0 radical (unpaired) electrons. The van der Waals surface area contributed by atoms with Gasteiger partial charge in [0.1, 0.15) is 16.6 Å². The first-order valence-corrected chi connectivity index (χ1v) is 11.2. The SMILES string of the molecule is Cc1cc(C)n2cc(CN(C(=O)OC(C)(C)C)c3cc(Cl)nc4c(C(C)C)cnn34)nc2n1. The van der Waals surface area contributed by atoms with Gasteiger partial charge in [0.25, 0.3) is 0 Å². The fourth-order valence-corrected chi connectivity index (χ4v) is 3.82. The van der Waals surface area contributed by atoms with E-state index in [-0.39, 0.29) is 17.6 Å². The van der Waals surface area contributed by atoms with Crippen molar-refractivity contribution >= 4 is 34.9 Å². The molecule has 0 spiro atoms. The second-order valence-electron chi connectivity index (χ2n) is 9.43. The molecule has 0 saturated carbocycles. The largest absolute Gasteiger partial charge is 0.443 e. The molecule has 0 atom stereocenters. The third kappa shape index (κ3) is 4.64. The molecule has 0 aliphatic carbocycles. The Morgan fingerprint density at radius 3 is 2.58 bits per heavy atom. The van der Waals surface area contributed by atoms with Crippen LogP contribution in [0, 0.1) is 13.8 Å². The standard InChI is InChI=1S/C23H28ClN7O2/c1-13(2)17-10-25-31-19(9-18(24)28-20(17)31)30(22(32)33-23(5,6)7)12-16-11-29-15(4)8-14(3)26-21(29)27-16/h8-11,13H,12H2,1-7H3.